The van der Waals surface area contributed by atoms with Crippen LogP contribution < -0.4 is 10.6 Å². The van der Waals surface area contributed by atoms with Gasteiger partial charge in [-0.25, -0.2) is 4.98 Å². The minimum Gasteiger partial charge on any atom is -0.369 e. The Hall–Kier alpha value is -0.610. The van der Waals surface area contributed by atoms with Crippen LogP contribution in [0.25, 0.3) is 0 Å². The van der Waals surface area contributed by atoms with E-state index < -0.39 is 0 Å². The van der Waals surface area contributed by atoms with Crippen LogP contribution in [0.5, 0.6) is 0 Å². The second-order valence-electron chi connectivity index (χ2n) is 3.10. The molecule has 0 radical (unpaired) electrons. The number of aryl methyl sites for hydroxylation is 1. The average Bonchev–Trinajstić information content (AvgIpc) is 2.15. The number of rotatable bonds is 5. The Morgan fingerprint density at radius 3 is 2.86 bits per heavy atom. The number of aromatic nitrogens is 1. The van der Waals surface area contributed by atoms with Crippen LogP contribution in [0.3, 0.4) is 0 Å². The second-order valence-corrected chi connectivity index (χ2v) is 4.02. The zero-order valence-electron chi connectivity index (χ0n) is 8.60. The van der Waals surface area contributed by atoms with Gasteiger partial charge in [-0.1, -0.05) is 6.92 Å². The number of hydrogen-bond acceptors (Lipinski definition) is 3. The van der Waals surface area contributed by atoms with Crippen molar-refractivity contribution in [2.45, 2.75) is 13.8 Å². The van der Waals surface area contributed by atoms with Crippen LogP contribution in [0, 0.1) is 6.92 Å². The lowest BCUT2D eigenvalue weighted by atomic mass is 10.3. The maximum Gasteiger partial charge on any atom is 0.128 e. The summed E-state index contributed by atoms with van der Waals surface area (Å²) in [5, 5.41) is 6.53. The first-order chi connectivity index (χ1) is 6.74. The Labute approximate surface area is 93.4 Å². The summed E-state index contributed by atoms with van der Waals surface area (Å²) in [4.78, 5) is 4.29. The largest absolute Gasteiger partial charge is 0.369 e. The summed E-state index contributed by atoms with van der Waals surface area (Å²) in [5.41, 5.74) is 1.16. The molecule has 0 spiro atoms. The third-order valence-electron chi connectivity index (χ3n) is 1.89. The number of nitrogens with zero attached hydrogens (tertiary/aromatic N) is 1. The number of likely N-dealkylation sites (N-methyl/N-ethyl adjacent to an activating group) is 1. The van der Waals surface area contributed by atoms with Crippen LogP contribution in [0.1, 0.15) is 12.5 Å². The number of nitrogens with one attached hydrogen (secondary N) is 2. The van der Waals surface area contributed by atoms with Crippen molar-refractivity contribution in [2.75, 3.05) is 25.0 Å². The fourth-order valence-electron chi connectivity index (χ4n) is 1.17. The smallest absolute Gasteiger partial charge is 0.128 e. The Kier molecular flexibility index (Phi) is 4.90. The van der Waals surface area contributed by atoms with Gasteiger partial charge in [-0.15, -0.1) is 0 Å². The highest BCUT2D eigenvalue weighted by Gasteiger charge is 1.98. The maximum atomic E-state index is 4.29. The van der Waals surface area contributed by atoms with E-state index in [0.717, 1.165) is 35.5 Å². The molecule has 1 heterocycles. The average molecular weight is 258 g/mol. The monoisotopic (exact) mass is 257 g/mol. The minimum absolute atomic E-state index is 0.906. The molecule has 0 aliphatic heterocycles. The molecule has 3 nitrogen and oxygen atoms in total. The van der Waals surface area contributed by atoms with Gasteiger partial charge in [0.05, 0.1) is 0 Å². The van der Waals surface area contributed by atoms with E-state index in [1.807, 2.05) is 13.1 Å². The zero-order chi connectivity index (χ0) is 10.4. The lowest BCUT2D eigenvalue weighted by Crippen LogP contribution is -2.22. The highest BCUT2D eigenvalue weighted by atomic mass is 79.9. The summed E-state index contributed by atoms with van der Waals surface area (Å²) in [6, 6.07) is 2.06. The van der Waals surface area contributed by atoms with Crippen molar-refractivity contribution >= 4 is 21.7 Å². The zero-order valence-corrected chi connectivity index (χ0v) is 10.2. The molecule has 0 aromatic carbocycles. The summed E-state index contributed by atoms with van der Waals surface area (Å²) in [6.07, 6.45) is 1.81. The fourth-order valence-corrected chi connectivity index (χ4v) is 1.62. The highest BCUT2D eigenvalue weighted by Crippen LogP contribution is 2.16. The molecule has 0 aliphatic carbocycles. The van der Waals surface area contributed by atoms with Crippen molar-refractivity contribution in [1.29, 1.82) is 0 Å². The molecule has 0 saturated heterocycles. The molecule has 0 amide bonds. The van der Waals surface area contributed by atoms with Crippen molar-refractivity contribution in [2.24, 2.45) is 0 Å². The van der Waals surface area contributed by atoms with Crippen LogP contribution in [0.15, 0.2) is 16.7 Å². The van der Waals surface area contributed by atoms with Gasteiger partial charge in [-0.05, 0) is 41.0 Å². The Morgan fingerprint density at radius 1 is 1.43 bits per heavy atom. The van der Waals surface area contributed by atoms with E-state index in [0.29, 0.717) is 0 Å². The molecule has 14 heavy (non-hydrogen) atoms. The molecule has 1 aromatic rings. The first kappa shape index (κ1) is 11.5. The van der Waals surface area contributed by atoms with Gasteiger partial charge in [0.15, 0.2) is 0 Å². The van der Waals surface area contributed by atoms with Crippen LogP contribution in [0.4, 0.5) is 5.82 Å². The van der Waals surface area contributed by atoms with Crippen LogP contribution in [-0.2, 0) is 0 Å². The highest BCUT2D eigenvalue weighted by molar-refractivity contribution is 9.10. The molecule has 0 saturated carbocycles. The molecular formula is C10H16BrN3. The third kappa shape index (κ3) is 3.64. The molecule has 0 aliphatic rings. The van der Waals surface area contributed by atoms with Gasteiger partial charge in [0.1, 0.15) is 5.82 Å². The summed E-state index contributed by atoms with van der Waals surface area (Å²) in [6.45, 7) is 7.03. The molecule has 0 unspecified atom stereocenters. The number of anilines is 1. The van der Waals surface area contributed by atoms with Crippen LogP contribution >= 0.6 is 15.9 Å². The van der Waals surface area contributed by atoms with Gasteiger partial charge in [0.2, 0.25) is 0 Å². The summed E-state index contributed by atoms with van der Waals surface area (Å²) in [5.74, 6) is 0.964. The van der Waals surface area contributed by atoms with Crippen molar-refractivity contribution in [3.8, 4) is 0 Å². The van der Waals surface area contributed by atoms with Crippen molar-refractivity contribution in [3.63, 3.8) is 0 Å². The van der Waals surface area contributed by atoms with E-state index in [2.05, 4.69) is 44.5 Å². The van der Waals surface area contributed by atoms with E-state index in [-0.39, 0.29) is 0 Å². The molecule has 1 aromatic heterocycles. The quantitative estimate of drug-likeness (QED) is 0.795. The van der Waals surface area contributed by atoms with Crippen molar-refractivity contribution in [3.05, 3.63) is 22.3 Å². The maximum absolute atomic E-state index is 4.29. The van der Waals surface area contributed by atoms with Gasteiger partial charge in [-0.3, -0.25) is 0 Å². The number of hydrogen-bond donors (Lipinski definition) is 2. The Bertz CT molecular complexity index is 289. The fraction of sp³-hybridized carbons (Fsp3) is 0.500. The summed E-state index contributed by atoms with van der Waals surface area (Å²) in [7, 11) is 0. The Morgan fingerprint density at radius 2 is 2.21 bits per heavy atom. The molecule has 2 N–H and O–H groups in total. The number of halogens is 1. The van der Waals surface area contributed by atoms with E-state index in [9.17, 15) is 0 Å². The van der Waals surface area contributed by atoms with Crippen LogP contribution in [-0.4, -0.2) is 24.6 Å². The summed E-state index contributed by atoms with van der Waals surface area (Å²) < 4.78 is 1.02. The van der Waals surface area contributed by atoms with E-state index in [1.54, 1.807) is 0 Å². The third-order valence-corrected chi connectivity index (χ3v) is 2.32. The first-order valence-electron chi connectivity index (χ1n) is 4.80. The topological polar surface area (TPSA) is 37.0 Å². The molecule has 4 heteroatoms. The molecular weight excluding hydrogens is 242 g/mol. The standard InChI is InChI=1S/C10H16BrN3/c1-3-12-4-5-13-10-8(2)6-9(11)7-14-10/h6-7,12H,3-5H2,1-2H3,(H,13,14). The van der Waals surface area contributed by atoms with Crippen LogP contribution in [0.2, 0.25) is 0 Å². The minimum atomic E-state index is 0.906. The molecule has 78 valence electrons. The van der Waals surface area contributed by atoms with Crippen molar-refractivity contribution < 1.29 is 0 Å². The number of pyridine rings is 1. The predicted molar refractivity (Wildman–Crippen MR) is 63.7 cm³/mol. The SMILES string of the molecule is CCNCCNc1ncc(Br)cc1C. The first-order valence-corrected chi connectivity index (χ1v) is 5.60. The van der Waals surface area contributed by atoms with Gasteiger partial charge >= 0.3 is 0 Å². The molecule has 1 rings (SSSR count). The molecule has 0 fully saturated rings. The molecule has 0 atom stereocenters. The lowest BCUT2D eigenvalue weighted by molar-refractivity contribution is 0.737. The van der Waals surface area contributed by atoms with E-state index in [1.165, 1.54) is 0 Å². The second kappa shape index (κ2) is 5.98. The lowest BCUT2D eigenvalue weighted by Gasteiger charge is -2.08. The Balaban J connectivity index is 2.42. The normalized spacial score (nSPS) is 10.2. The van der Waals surface area contributed by atoms with Gasteiger partial charge in [0, 0.05) is 23.8 Å². The van der Waals surface area contributed by atoms with E-state index >= 15 is 0 Å². The van der Waals surface area contributed by atoms with Crippen molar-refractivity contribution in [1.82, 2.24) is 10.3 Å². The molecule has 0 bridgehead atoms. The predicted octanol–water partition coefficient (Wildman–Crippen LogP) is 2.17. The van der Waals surface area contributed by atoms with Gasteiger partial charge in [-0.2, -0.15) is 0 Å². The van der Waals surface area contributed by atoms with Gasteiger partial charge in [0.25, 0.3) is 0 Å². The van der Waals surface area contributed by atoms with Gasteiger partial charge < -0.3 is 10.6 Å². The summed E-state index contributed by atoms with van der Waals surface area (Å²) >= 11 is 3.39. The van der Waals surface area contributed by atoms with E-state index in [4.69, 9.17) is 0 Å².